The van der Waals surface area contributed by atoms with Gasteiger partial charge in [-0.1, -0.05) is 54.5 Å². The Morgan fingerprint density at radius 1 is 0.912 bits per heavy atom. The molecule has 0 amide bonds. The third-order valence-electron chi connectivity index (χ3n) is 5.90. The van der Waals surface area contributed by atoms with Gasteiger partial charge in [-0.15, -0.1) is 0 Å². The Labute approximate surface area is 195 Å². The second kappa shape index (κ2) is 8.59. The molecule has 0 saturated carbocycles. The predicted molar refractivity (Wildman–Crippen MR) is 131 cm³/mol. The van der Waals surface area contributed by atoms with Gasteiger partial charge in [0, 0.05) is 5.56 Å². The van der Waals surface area contributed by atoms with Gasteiger partial charge in [-0.05, 0) is 61.2 Å². The molecule has 3 aromatic carbocycles. The summed E-state index contributed by atoms with van der Waals surface area (Å²) >= 11 is 0. The van der Waals surface area contributed by atoms with E-state index in [0.29, 0.717) is 22.4 Å². The summed E-state index contributed by atoms with van der Waals surface area (Å²) < 4.78 is 8.21. The van der Waals surface area contributed by atoms with E-state index in [-0.39, 0.29) is 18.0 Å². The molecule has 170 valence electrons. The van der Waals surface area contributed by atoms with E-state index in [2.05, 4.69) is 17.1 Å². The molecule has 2 heterocycles. The van der Waals surface area contributed by atoms with Crippen LogP contribution >= 0.6 is 0 Å². The van der Waals surface area contributed by atoms with Crippen LogP contribution in [0.5, 0.6) is 0 Å². The molecule has 0 bridgehead atoms. The Morgan fingerprint density at radius 2 is 1.62 bits per heavy atom. The molecule has 0 atom stereocenters. The highest BCUT2D eigenvalue weighted by Crippen LogP contribution is 2.18. The van der Waals surface area contributed by atoms with Crippen molar-refractivity contribution in [3.8, 4) is 17.1 Å². The maximum atomic E-state index is 13.6. The molecule has 0 aliphatic heterocycles. The number of para-hydroxylation sites is 1. The Bertz CT molecular complexity index is 1600. The number of benzene rings is 3. The number of aromatic nitrogens is 4. The molecular formula is C27H24N4O3. The summed E-state index contributed by atoms with van der Waals surface area (Å²) in [6.07, 6.45) is 0.948. The molecular weight excluding hydrogens is 428 g/mol. The minimum absolute atomic E-state index is 0.0461. The summed E-state index contributed by atoms with van der Waals surface area (Å²) in [5, 5.41) is 4.54. The van der Waals surface area contributed by atoms with E-state index < -0.39 is 5.69 Å². The van der Waals surface area contributed by atoms with Gasteiger partial charge >= 0.3 is 5.69 Å². The van der Waals surface area contributed by atoms with Crippen molar-refractivity contribution in [2.45, 2.75) is 33.7 Å². The first kappa shape index (κ1) is 21.6. The summed E-state index contributed by atoms with van der Waals surface area (Å²) in [7, 11) is 0. The van der Waals surface area contributed by atoms with Gasteiger partial charge in [0.05, 0.1) is 16.6 Å². The second-order valence-corrected chi connectivity index (χ2v) is 8.43. The van der Waals surface area contributed by atoms with E-state index in [1.807, 2.05) is 56.3 Å². The SMILES string of the molecule is CCc1ccc(-c2noc(Cn3c(=O)n(-c4cc(C)cc(C)c4)c(=O)c4ccccc43)n2)cc1. The highest BCUT2D eigenvalue weighted by molar-refractivity contribution is 5.78. The lowest BCUT2D eigenvalue weighted by molar-refractivity contribution is 0.370. The fraction of sp³-hybridized carbons (Fsp3) is 0.185. The summed E-state index contributed by atoms with van der Waals surface area (Å²) in [5.74, 6) is 0.741. The number of aryl methyl sites for hydroxylation is 3. The Hall–Kier alpha value is -4.26. The van der Waals surface area contributed by atoms with Crippen LogP contribution < -0.4 is 11.2 Å². The quantitative estimate of drug-likeness (QED) is 0.394. The Kier molecular flexibility index (Phi) is 5.45. The van der Waals surface area contributed by atoms with Crippen LogP contribution in [0.2, 0.25) is 0 Å². The van der Waals surface area contributed by atoms with Crippen molar-refractivity contribution in [1.29, 1.82) is 0 Å². The fourth-order valence-electron chi connectivity index (χ4n) is 4.24. The van der Waals surface area contributed by atoms with Crippen LogP contribution in [0.25, 0.3) is 28.0 Å². The van der Waals surface area contributed by atoms with Crippen LogP contribution in [0.4, 0.5) is 0 Å². The van der Waals surface area contributed by atoms with Gasteiger partial charge in [-0.25, -0.2) is 9.36 Å². The summed E-state index contributed by atoms with van der Waals surface area (Å²) in [5.41, 5.74) is 4.24. The highest BCUT2D eigenvalue weighted by Gasteiger charge is 2.17. The monoisotopic (exact) mass is 452 g/mol. The molecule has 5 aromatic rings. The van der Waals surface area contributed by atoms with Gasteiger partial charge in [0.15, 0.2) is 0 Å². The zero-order chi connectivity index (χ0) is 23.8. The third-order valence-corrected chi connectivity index (χ3v) is 5.90. The summed E-state index contributed by atoms with van der Waals surface area (Å²) in [4.78, 5) is 31.4. The van der Waals surface area contributed by atoms with Crippen LogP contribution in [0.3, 0.4) is 0 Å². The van der Waals surface area contributed by atoms with Crippen molar-refractivity contribution in [2.24, 2.45) is 0 Å². The van der Waals surface area contributed by atoms with Crippen molar-refractivity contribution < 1.29 is 4.52 Å². The number of fused-ring (bicyclic) bond motifs is 1. The van der Waals surface area contributed by atoms with Gasteiger partial charge in [-0.3, -0.25) is 9.36 Å². The van der Waals surface area contributed by atoms with Crippen molar-refractivity contribution in [3.63, 3.8) is 0 Å². The lowest BCUT2D eigenvalue weighted by Gasteiger charge is -2.13. The standard InChI is InChI=1S/C27H24N4O3/c1-4-19-9-11-20(12-10-19)25-28-24(34-29-25)16-30-23-8-6-5-7-22(23)26(32)31(27(30)33)21-14-17(2)13-18(3)15-21/h5-15H,4,16H2,1-3H3. The normalized spacial score (nSPS) is 11.3. The van der Waals surface area contributed by atoms with E-state index in [4.69, 9.17) is 4.52 Å². The summed E-state index contributed by atoms with van der Waals surface area (Å²) in [6.45, 7) is 6.02. The maximum Gasteiger partial charge on any atom is 0.336 e. The molecule has 0 unspecified atom stereocenters. The van der Waals surface area contributed by atoms with Crippen LogP contribution in [-0.2, 0) is 13.0 Å². The van der Waals surface area contributed by atoms with Gasteiger partial charge in [-0.2, -0.15) is 4.98 Å². The fourth-order valence-corrected chi connectivity index (χ4v) is 4.24. The van der Waals surface area contributed by atoms with Crippen molar-refractivity contribution >= 4 is 10.9 Å². The largest absolute Gasteiger partial charge is 0.337 e. The first-order valence-corrected chi connectivity index (χ1v) is 11.2. The van der Waals surface area contributed by atoms with Crippen molar-refractivity contribution in [1.82, 2.24) is 19.3 Å². The van der Waals surface area contributed by atoms with E-state index >= 15 is 0 Å². The molecule has 0 spiro atoms. The van der Waals surface area contributed by atoms with Gasteiger partial charge in [0.2, 0.25) is 11.7 Å². The molecule has 0 N–H and O–H groups in total. The highest BCUT2D eigenvalue weighted by atomic mass is 16.5. The van der Waals surface area contributed by atoms with Gasteiger partial charge in [0.1, 0.15) is 6.54 Å². The number of nitrogens with zero attached hydrogens (tertiary/aromatic N) is 4. The maximum absolute atomic E-state index is 13.6. The van der Waals surface area contributed by atoms with Crippen molar-refractivity contribution in [2.75, 3.05) is 0 Å². The lowest BCUT2D eigenvalue weighted by Crippen LogP contribution is -2.39. The van der Waals surface area contributed by atoms with Crippen LogP contribution in [0, 0.1) is 13.8 Å². The zero-order valence-electron chi connectivity index (χ0n) is 19.3. The molecule has 5 rings (SSSR count). The first-order valence-electron chi connectivity index (χ1n) is 11.2. The van der Waals surface area contributed by atoms with E-state index in [9.17, 15) is 9.59 Å². The molecule has 7 heteroatoms. The lowest BCUT2D eigenvalue weighted by atomic mass is 10.1. The number of rotatable bonds is 5. The molecule has 0 aliphatic rings. The third kappa shape index (κ3) is 3.85. The molecule has 2 aromatic heterocycles. The van der Waals surface area contributed by atoms with Gasteiger partial charge in [0.25, 0.3) is 5.56 Å². The average molecular weight is 453 g/mol. The molecule has 0 radical (unpaired) electrons. The van der Waals surface area contributed by atoms with Crippen LogP contribution in [-0.4, -0.2) is 19.3 Å². The van der Waals surface area contributed by atoms with E-state index in [1.54, 1.807) is 24.3 Å². The second-order valence-electron chi connectivity index (χ2n) is 8.43. The number of hydrogen-bond acceptors (Lipinski definition) is 5. The summed E-state index contributed by atoms with van der Waals surface area (Å²) in [6, 6.07) is 20.7. The molecule has 0 saturated heterocycles. The zero-order valence-corrected chi connectivity index (χ0v) is 19.3. The van der Waals surface area contributed by atoms with E-state index in [0.717, 1.165) is 23.1 Å². The van der Waals surface area contributed by atoms with Crippen molar-refractivity contribution in [3.05, 3.63) is 110 Å². The average Bonchev–Trinajstić information content (AvgIpc) is 3.30. The first-order chi connectivity index (χ1) is 16.4. The predicted octanol–water partition coefficient (Wildman–Crippen LogP) is 4.43. The van der Waals surface area contributed by atoms with E-state index in [1.165, 1.54) is 14.7 Å². The number of hydrogen-bond donors (Lipinski definition) is 0. The molecule has 0 aliphatic carbocycles. The minimum Gasteiger partial charge on any atom is -0.337 e. The Morgan fingerprint density at radius 3 is 2.32 bits per heavy atom. The smallest absolute Gasteiger partial charge is 0.336 e. The van der Waals surface area contributed by atoms with Gasteiger partial charge < -0.3 is 4.52 Å². The topological polar surface area (TPSA) is 82.9 Å². The molecule has 0 fully saturated rings. The van der Waals surface area contributed by atoms with Crippen LogP contribution in [0.1, 0.15) is 29.5 Å². The molecule has 7 nitrogen and oxygen atoms in total. The Balaban J connectivity index is 1.63. The molecule has 34 heavy (non-hydrogen) atoms. The van der Waals surface area contributed by atoms with Crippen LogP contribution in [0.15, 0.2) is 80.8 Å². The minimum atomic E-state index is -0.458.